The third-order valence-corrected chi connectivity index (χ3v) is 5.34. The van der Waals surface area contributed by atoms with Gasteiger partial charge in [-0.05, 0) is 38.0 Å². The fourth-order valence-corrected chi connectivity index (χ4v) is 3.74. The van der Waals surface area contributed by atoms with Crippen molar-refractivity contribution in [3.8, 4) is 0 Å². The molecular formula is C20H22N2O3S. The number of hydrogen-bond acceptors (Lipinski definition) is 5. The lowest BCUT2D eigenvalue weighted by molar-refractivity contribution is -0.129. The van der Waals surface area contributed by atoms with Crippen LogP contribution in [0.25, 0.3) is 0 Å². The first-order valence-electron chi connectivity index (χ1n) is 8.43. The van der Waals surface area contributed by atoms with E-state index in [0.717, 1.165) is 11.1 Å². The van der Waals surface area contributed by atoms with Crippen molar-refractivity contribution in [3.63, 3.8) is 0 Å². The van der Waals surface area contributed by atoms with E-state index < -0.39 is 17.7 Å². The molecule has 3 rings (SSSR count). The maximum atomic E-state index is 13.0. The van der Waals surface area contributed by atoms with Gasteiger partial charge in [0.1, 0.15) is 0 Å². The fourth-order valence-electron chi connectivity index (χ4n) is 3.06. The van der Waals surface area contributed by atoms with Gasteiger partial charge in [0.25, 0.3) is 5.91 Å². The highest BCUT2D eigenvalue weighted by Gasteiger charge is 2.43. The molecule has 2 heterocycles. The molecule has 1 aliphatic heterocycles. The van der Waals surface area contributed by atoms with Crippen molar-refractivity contribution in [2.75, 3.05) is 27.2 Å². The smallest absolute Gasteiger partial charge is 0.290 e. The summed E-state index contributed by atoms with van der Waals surface area (Å²) < 4.78 is 0. The minimum atomic E-state index is -0.572. The Bertz CT molecular complexity index is 838. The molecule has 0 radical (unpaired) electrons. The van der Waals surface area contributed by atoms with E-state index in [1.54, 1.807) is 17.0 Å². The second kappa shape index (κ2) is 7.43. The number of carbonyl (C=O) groups is 2. The van der Waals surface area contributed by atoms with Gasteiger partial charge in [-0.1, -0.05) is 35.9 Å². The van der Waals surface area contributed by atoms with Gasteiger partial charge in [0, 0.05) is 13.1 Å². The second-order valence-electron chi connectivity index (χ2n) is 6.68. The van der Waals surface area contributed by atoms with Crippen molar-refractivity contribution in [2.45, 2.75) is 13.0 Å². The predicted octanol–water partition coefficient (Wildman–Crippen LogP) is 3.20. The first-order chi connectivity index (χ1) is 12.4. The van der Waals surface area contributed by atoms with E-state index in [0.29, 0.717) is 18.0 Å². The molecule has 0 spiro atoms. The lowest BCUT2D eigenvalue weighted by Crippen LogP contribution is -2.36. The first kappa shape index (κ1) is 18.4. The number of nitrogens with zero attached hydrogens (tertiary/aromatic N) is 2. The Morgan fingerprint density at radius 1 is 1.23 bits per heavy atom. The topological polar surface area (TPSA) is 60.9 Å². The number of thiophene rings is 1. The number of ketones is 1. The molecule has 1 aliphatic rings. The van der Waals surface area contributed by atoms with E-state index in [4.69, 9.17) is 0 Å². The number of Topliss-reactive ketones (excluding diaryl/α,β-unsaturated/α-hetero) is 1. The molecule has 1 N–H and O–H groups in total. The zero-order valence-corrected chi connectivity index (χ0v) is 15.9. The second-order valence-corrected chi connectivity index (χ2v) is 7.63. The summed E-state index contributed by atoms with van der Waals surface area (Å²) >= 11 is 1.31. The fraction of sp³-hybridized carbons (Fsp3) is 0.300. The van der Waals surface area contributed by atoms with Crippen molar-refractivity contribution in [3.05, 3.63) is 69.1 Å². The monoisotopic (exact) mass is 370 g/mol. The first-order valence-corrected chi connectivity index (χ1v) is 9.31. The highest BCUT2D eigenvalue weighted by atomic mass is 32.1. The lowest BCUT2D eigenvalue weighted by atomic mass is 9.95. The van der Waals surface area contributed by atoms with Gasteiger partial charge in [-0.2, -0.15) is 0 Å². The molecule has 0 fully saturated rings. The summed E-state index contributed by atoms with van der Waals surface area (Å²) in [5.74, 6) is -1.21. The van der Waals surface area contributed by atoms with Gasteiger partial charge in [-0.15, -0.1) is 11.3 Å². The molecule has 1 aromatic carbocycles. The van der Waals surface area contributed by atoms with Gasteiger partial charge in [-0.25, -0.2) is 0 Å². The Labute approximate surface area is 157 Å². The molecule has 26 heavy (non-hydrogen) atoms. The van der Waals surface area contributed by atoms with Crippen molar-refractivity contribution in [2.24, 2.45) is 0 Å². The number of aryl methyl sites for hydroxylation is 1. The maximum absolute atomic E-state index is 13.0. The van der Waals surface area contributed by atoms with Gasteiger partial charge in [0.05, 0.1) is 16.5 Å². The van der Waals surface area contributed by atoms with Crippen LogP contribution >= 0.6 is 11.3 Å². The Kier molecular flexibility index (Phi) is 5.25. The quantitative estimate of drug-likeness (QED) is 0.794. The van der Waals surface area contributed by atoms with Crippen molar-refractivity contribution in [1.82, 2.24) is 9.80 Å². The molecule has 0 bridgehead atoms. The van der Waals surface area contributed by atoms with Gasteiger partial charge in [0.15, 0.2) is 5.76 Å². The highest BCUT2D eigenvalue weighted by Crippen LogP contribution is 2.39. The predicted molar refractivity (Wildman–Crippen MR) is 102 cm³/mol. The van der Waals surface area contributed by atoms with E-state index in [-0.39, 0.29) is 11.4 Å². The number of rotatable bonds is 6. The SMILES string of the molecule is Cc1ccc([C@@H]2C(C(=O)c3cccs3)=C(O)C(=O)N2CCN(C)C)cc1. The van der Waals surface area contributed by atoms with Crippen LogP contribution in [0.2, 0.25) is 0 Å². The standard InChI is InChI=1S/C20H22N2O3S/c1-13-6-8-14(9-7-13)17-16(18(23)15-5-4-12-26-15)19(24)20(25)22(17)11-10-21(2)3/h4-9,12,17,24H,10-11H2,1-3H3/t17-/m1/s1. The number of amides is 1. The minimum Gasteiger partial charge on any atom is -0.503 e. The molecule has 1 atom stereocenters. The molecule has 0 saturated heterocycles. The van der Waals surface area contributed by atoms with E-state index in [1.165, 1.54) is 11.3 Å². The Balaban J connectivity index is 2.05. The zero-order chi connectivity index (χ0) is 18.8. The van der Waals surface area contributed by atoms with Crippen molar-refractivity contribution in [1.29, 1.82) is 0 Å². The van der Waals surface area contributed by atoms with Crippen LogP contribution < -0.4 is 0 Å². The van der Waals surface area contributed by atoms with Gasteiger partial charge < -0.3 is 14.9 Å². The summed E-state index contributed by atoms with van der Waals surface area (Å²) in [6.45, 7) is 3.05. The van der Waals surface area contributed by atoms with E-state index >= 15 is 0 Å². The summed E-state index contributed by atoms with van der Waals surface area (Å²) in [7, 11) is 3.85. The van der Waals surface area contributed by atoms with Gasteiger partial charge >= 0.3 is 0 Å². The zero-order valence-electron chi connectivity index (χ0n) is 15.1. The molecule has 1 amide bonds. The summed E-state index contributed by atoms with van der Waals surface area (Å²) in [6, 6.07) is 10.7. The van der Waals surface area contributed by atoms with Gasteiger partial charge in [0.2, 0.25) is 5.78 Å². The van der Waals surface area contributed by atoms with Crippen LogP contribution in [0.5, 0.6) is 0 Å². The van der Waals surface area contributed by atoms with Crippen LogP contribution in [0.3, 0.4) is 0 Å². The average molecular weight is 370 g/mol. The Morgan fingerprint density at radius 3 is 2.50 bits per heavy atom. The molecule has 0 aliphatic carbocycles. The van der Waals surface area contributed by atoms with Crippen molar-refractivity contribution >= 4 is 23.0 Å². The number of likely N-dealkylation sites (N-methyl/N-ethyl adjacent to an activating group) is 1. The normalized spacial score (nSPS) is 17.5. The minimum absolute atomic E-state index is 0.167. The molecule has 136 valence electrons. The molecular weight excluding hydrogens is 348 g/mol. The summed E-state index contributed by atoms with van der Waals surface area (Å²) in [4.78, 5) is 29.8. The molecule has 0 saturated carbocycles. The average Bonchev–Trinajstić information content (AvgIpc) is 3.22. The van der Waals surface area contributed by atoms with Gasteiger partial charge in [-0.3, -0.25) is 9.59 Å². The van der Waals surface area contributed by atoms with Crippen LogP contribution in [0, 0.1) is 6.92 Å². The largest absolute Gasteiger partial charge is 0.503 e. The summed E-state index contributed by atoms with van der Waals surface area (Å²) in [5, 5.41) is 12.3. The van der Waals surface area contributed by atoms with Crippen LogP contribution in [0.15, 0.2) is 53.1 Å². The van der Waals surface area contributed by atoms with Crippen LogP contribution in [0.1, 0.15) is 26.8 Å². The van der Waals surface area contributed by atoms with E-state index in [9.17, 15) is 14.7 Å². The maximum Gasteiger partial charge on any atom is 0.290 e. The molecule has 6 heteroatoms. The Morgan fingerprint density at radius 2 is 1.92 bits per heavy atom. The number of benzene rings is 1. The summed E-state index contributed by atoms with van der Waals surface area (Å²) in [5.41, 5.74) is 2.09. The van der Waals surface area contributed by atoms with Crippen molar-refractivity contribution < 1.29 is 14.7 Å². The number of carbonyl (C=O) groups excluding carboxylic acids is 2. The number of aliphatic hydroxyl groups is 1. The van der Waals surface area contributed by atoms with E-state index in [2.05, 4.69) is 0 Å². The third-order valence-electron chi connectivity index (χ3n) is 4.47. The molecule has 5 nitrogen and oxygen atoms in total. The number of aliphatic hydroxyl groups excluding tert-OH is 1. The van der Waals surface area contributed by atoms with Crippen LogP contribution in [0.4, 0.5) is 0 Å². The molecule has 0 unspecified atom stereocenters. The molecule has 1 aromatic heterocycles. The van der Waals surface area contributed by atoms with Crippen LogP contribution in [-0.4, -0.2) is 53.8 Å². The molecule has 2 aromatic rings. The third kappa shape index (κ3) is 3.43. The Hall–Kier alpha value is -2.44. The number of hydrogen-bond donors (Lipinski definition) is 1. The lowest BCUT2D eigenvalue weighted by Gasteiger charge is -2.28. The summed E-state index contributed by atoms with van der Waals surface area (Å²) in [6.07, 6.45) is 0. The van der Waals surface area contributed by atoms with Crippen LogP contribution in [-0.2, 0) is 4.79 Å². The van der Waals surface area contributed by atoms with E-state index in [1.807, 2.05) is 55.6 Å². The highest BCUT2D eigenvalue weighted by molar-refractivity contribution is 7.12.